The van der Waals surface area contributed by atoms with E-state index >= 15 is 0 Å². The van der Waals surface area contributed by atoms with Crippen LogP contribution in [-0.4, -0.2) is 45.0 Å². The van der Waals surface area contributed by atoms with Gasteiger partial charge in [0, 0.05) is 37.1 Å². The van der Waals surface area contributed by atoms with Crippen molar-refractivity contribution in [2.24, 2.45) is 10.1 Å². The van der Waals surface area contributed by atoms with Crippen molar-refractivity contribution in [1.29, 1.82) is 0 Å². The van der Waals surface area contributed by atoms with Gasteiger partial charge in [-0.1, -0.05) is 30.3 Å². The molecule has 0 saturated carbocycles. The molecule has 0 spiro atoms. The van der Waals surface area contributed by atoms with Crippen LogP contribution in [0.3, 0.4) is 0 Å². The highest BCUT2D eigenvalue weighted by Gasteiger charge is 2.26. The van der Waals surface area contributed by atoms with E-state index in [0.717, 1.165) is 36.8 Å². The molecular formula is C20H30IN5O2S2. The quantitative estimate of drug-likeness (QED) is 0.285. The van der Waals surface area contributed by atoms with Crippen LogP contribution in [0.15, 0.2) is 51.7 Å². The van der Waals surface area contributed by atoms with Crippen LogP contribution in [0.2, 0.25) is 0 Å². The highest BCUT2D eigenvalue weighted by molar-refractivity contribution is 14.0. The molecule has 3 rings (SSSR count). The van der Waals surface area contributed by atoms with Gasteiger partial charge < -0.3 is 10.6 Å². The van der Waals surface area contributed by atoms with E-state index in [-0.39, 0.29) is 28.2 Å². The molecule has 2 atom stereocenters. The molecule has 1 fully saturated rings. The number of aliphatic imine (C=N–C) groups is 1. The highest BCUT2D eigenvalue weighted by Crippen LogP contribution is 2.21. The Hall–Kier alpha value is -1.21. The number of benzene rings is 1. The van der Waals surface area contributed by atoms with Crippen molar-refractivity contribution in [2.75, 3.05) is 13.6 Å². The third-order valence-corrected chi connectivity index (χ3v) is 7.68. The Kier molecular flexibility index (Phi) is 9.54. The summed E-state index contributed by atoms with van der Waals surface area (Å²) in [7, 11) is -1.90. The summed E-state index contributed by atoms with van der Waals surface area (Å²) in [6.45, 7) is 4.79. The lowest BCUT2D eigenvalue weighted by Crippen LogP contribution is -2.51. The number of primary sulfonamides is 1. The molecule has 2 heterocycles. The lowest BCUT2D eigenvalue weighted by atomic mass is 9.97. The Morgan fingerprint density at radius 2 is 2.00 bits per heavy atom. The molecule has 1 saturated heterocycles. The maximum atomic E-state index is 11.4. The van der Waals surface area contributed by atoms with Gasteiger partial charge in [0.25, 0.3) is 0 Å². The third-order valence-electron chi connectivity index (χ3n) is 5.15. The number of nitrogens with one attached hydrogen (secondary N) is 2. The zero-order valence-electron chi connectivity index (χ0n) is 17.2. The standard InChI is InChI=1S/C20H29N5O2S2.HI/c1-15-12-17(10-11-25(15)14-16-6-4-3-5-7-16)24-20(22-2)23-13-18-8-9-19(28-18)29(21,26)27;/h3-9,15,17H,10-14H2,1-2H3,(H2,21,26,27)(H2,22,23,24);1H. The van der Waals surface area contributed by atoms with Gasteiger partial charge in [-0.3, -0.25) is 9.89 Å². The zero-order valence-corrected chi connectivity index (χ0v) is 21.2. The minimum Gasteiger partial charge on any atom is -0.354 e. The first kappa shape index (κ1) is 25.1. The predicted molar refractivity (Wildman–Crippen MR) is 134 cm³/mol. The van der Waals surface area contributed by atoms with E-state index in [0.29, 0.717) is 18.6 Å². The van der Waals surface area contributed by atoms with E-state index in [2.05, 4.69) is 51.7 Å². The van der Waals surface area contributed by atoms with Crippen molar-refractivity contribution >= 4 is 51.3 Å². The van der Waals surface area contributed by atoms with Crippen molar-refractivity contribution in [3.63, 3.8) is 0 Å². The third kappa shape index (κ3) is 7.19. The van der Waals surface area contributed by atoms with Gasteiger partial charge in [0.15, 0.2) is 5.96 Å². The number of likely N-dealkylation sites (tertiary alicyclic amines) is 1. The molecule has 30 heavy (non-hydrogen) atoms. The fourth-order valence-corrected chi connectivity index (χ4v) is 5.29. The molecule has 0 aliphatic carbocycles. The Balaban J connectivity index is 0.00000320. The summed E-state index contributed by atoms with van der Waals surface area (Å²) in [5.74, 6) is 0.726. The van der Waals surface area contributed by atoms with Crippen molar-refractivity contribution in [2.45, 2.75) is 49.1 Å². The van der Waals surface area contributed by atoms with Gasteiger partial charge in [0.05, 0.1) is 6.54 Å². The van der Waals surface area contributed by atoms with Gasteiger partial charge in [-0.2, -0.15) is 0 Å². The second-order valence-corrected chi connectivity index (χ2v) is 10.3. The Labute approximate surface area is 200 Å². The maximum Gasteiger partial charge on any atom is 0.247 e. The Bertz CT molecular complexity index is 934. The van der Waals surface area contributed by atoms with Gasteiger partial charge in [-0.15, -0.1) is 35.3 Å². The van der Waals surface area contributed by atoms with Gasteiger partial charge >= 0.3 is 0 Å². The molecule has 1 aliphatic heterocycles. The van der Waals surface area contributed by atoms with Crippen molar-refractivity contribution in [1.82, 2.24) is 15.5 Å². The largest absolute Gasteiger partial charge is 0.354 e. The first-order chi connectivity index (χ1) is 13.8. The molecule has 0 bridgehead atoms. The number of nitrogens with two attached hydrogens (primary N) is 1. The van der Waals surface area contributed by atoms with E-state index in [4.69, 9.17) is 5.14 Å². The zero-order chi connectivity index (χ0) is 20.9. The number of sulfonamides is 1. The van der Waals surface area contributed by atoms with Crippen molar-refractivity contribution in [3.8, 4) is 0 Å². The van der Waals surface area contributed by atoms with Crippen LogP contribution < -0.4 is 15.8 Å². The lowest BCUT2D eigenvalue weighted by molar-refractivity contribution is 0.134. The van der Waals surface area contributed by atoms with Gasteiger partial charge in [0.2, 0.25) is 10.0 Å². The lowest BCUT2D eigenvalue weighted by Gasteiger charge is -2.38. The Morgan fingerprint density at radius 3 is 2.60 bits per heavy atom. The van der Waals surface area contributed by atoms with Crippen LogP contribution >= 0.6 is 35.3 Å². The predicted octanol–water partition coefficient (Wildman–Crippen LogP) is 2.73. The average molecular weight is 564 g/mol. The smallest absolute Gasteiger partial charge is 0.247 e. The summed E-state index contributed by atoms with van der Waals surface area (Å²) in [5, 5.41) is 11.9. The molecule has 7 nitrogen and oxygen atoms in total. The molecular weight excluding hydrogens is 533 g/mol. The molecule has 1 aromatic heterocycles. The number of halogens is 1. The number of hydrogen-bond acceptors (Lipinski definition) is 5. The van der Waals surface area contributed by atoms with Gasteiger partial charge in [0.1, 0.15) is 4.21 Å². The van der Waals surface area contributed by atoms with Crippen LogP contribution in [0.25, 0.3) is 0 Å². The topological polar surface area (TPSA) is 99.8 Å². The number of nitrogens with zero attached hydrogens (tertiary/aromatic N) is 2. The second-order valence-electron chi connectivity index (χ2n) is 7.36. The summed E-state index contributed by atoms with van der Waals surface area (Å²) in [5.41, 5.74) is 1.35. The fourth-order valence-electron chi connectivity index (χ4n) is 3.57. The first-order valence-corrected chi connectivity index (χ1v) is 12.1. The number of hydrogen-bond donors (Lipinski definition) is 3. The fraction of sp³-hybridized carbons (Fsp3) is 0.450. The summed E-state index contributed by atoms with van der Waals surface area (Å²) < 4.78 is 23.0. The van der Waals surface area contributed by atoms with Crippen LogP contribution in [0.4, 0.5) is 0 Å². The molecule has 4 N–H and O–H groups in total. The summed E-state index contributed by atoms with van der Waals surface area (Å²) in [6, 6.07) is 14.7. The molecule has 0 amide bonds. The van der Waals surface area contributed by atoms with Crippen LogP contribution in [-0.2, 0) is 23.1 Å². The van der Waals surface area contributed by atoms with E-state index in [1.54, 1.807) is 13.1 Å². The molecule has 0 radical (unpaired) electrons. The van der Waals surface area contributed by atoms with Crippen molar-refractivity contribution in [3.05, 3.63) is 52.9 Å². The summed E-state index contributed by atoms with van der Waals surface area (Å²) in [4.78, 5) is 7.72. The molecule has 1 aromatic carbocycles. The summed E-state index contributed by atoms with van der Waals surface area (Å²) >= 11 is 1.18. The van der Waals surface area contributed by atoms with Crippen molar-refractivity contribution < 1.29 is 8.42 Å². The van der Waals surface area contributed by atoms with E-state index in [9.17, 15) is 8.42 Å². The monoisotopic (exact) mass is 563 g/mol. The minimum atomic E-state index is -3.64. The van der Waals surface area contributed by atoms with Crippen LogP contribution in [0.5, 0.6) is 0 Å². The minimum absolute atomic E-state index is 0. The molecule has 10 heteroatoms. The van der Waals surface area contributed by atoms with Gasteiger partial charge in [-0.25, -0.2) is 13.6 Å². The molecule has 2 unspecified atom stereocenters. The van der Waals surface area contributed by atoms with Crippen LogP contribution in [0.1, 0.15) is 30.2 Å². The first-order valence-electron chi connectivity index (χ1n) is 9.72. The molecule has 166 valence electrons. The van der Waals surface area contributed by atoms with E-state index < -0.39 is 10.0 Å². The van der Waals surface area contributed by atoms with Gasteiger partial charge in [-0.05, 0) is 37.5 Å². The second kappa shape index (κ2) is 11.4. The number of guanidine groups is 1. The SMILES string of the molecule is CN=C(NCc1ccc(S(N)(=O)=O)s1)NC1CCN(Cc2ccccc2)C(C)C1.I. The van der Waals surface area contributed by atoms with Crippen LogP contribution in [0, 0.1) is 0 Å². The maximum absolute atomic E-state index is 11.4. The number of rotatable bonds is 6. The average Bonchev–Trinajstić information content (AvgIpc) is 3.17. The number of thiophene rings is 1. The highest BCUT2D eigenvalue weighted by atomic mass is 127. The Morgan fingerprint density at radius 1 is 1.27 bits per heavy atom. The normalized spacial score (nSPS) is 20.4. The summed E-state index contributed by atoms with van der Waals surface area (Å²) in [6.07, 6.45) is 2.09. The molecule has 2 aromatic rings. The van der Waals surface area contributed by atoms with E-state index in [1.165, 1.54) is 23.0 Å². The van der Waals surface area contributed by atoms with E-state index in [1.807, 2.05) is 6.07 Å². The molecule has 1 aliphatic rings. The number of piperidine rings is 1.